The van der Waals surface area contributed by atoms with Crippen LogP contribution in [-0.2, 0) is 13.1 Å². The number of pyridine rings is 1. The van der Waals surface area contributed by atoms with Gasteiger partial charge in [-0.2, -0.15) is 14.2 Å². The van der Waals surface area contributed by atoms with E-state index >= 15 is 0 Å². The number of aromatic nitrogens is 4. The molecule has 6 rings (SSSR count). The molecule has 0 aliphatic rings. The fraction of sp³-hybridized carbons (Fsp3) is 0.0938. The summed E-state index contributed by atoms with van der Waals surface area (Å²) in [6.07, 6.45) is 0.303. The summed E-state index contributed by atoms with van der Waals surface area (Å²) in [5.41, 5.74) is 2.40. The van der Waals surface area contributed by atoms with Crippen molar-refractivity contribution >= 4 is 67.9 Å². The van der Waals surface area contributed by atoms with Gasteiger partial charge in [0, 0.05) is 39.2 Å². The Hall–Kier alpha value is -4.20. The number of benzene rings is 2. The molecule has 9 nitrogen and oxygen atoms in total. The van der Waals surface area contributed by atoms with Crippen LogP contribution >= 0.6 is 50.4 Å². The summed E-state index contributed by atoms with van der Waals surface area (Å²) >= 11 is 12.2. The van der Waals surface area contributed by atoms with Crippen molar-refractivity contribution in [1.29, 1.82) is 0 Å². The van der Waals surface area contributed by atoms with Gasteiger partial charge in [0.25, 0.3) is 11.5 Å². The Labute approximate surface area is 278 Å². The molecule has 45 heavy (non-hydrogen) atoms. The first-order valence-electron chi connectivity index (χ1n) is 13.6. The Morgan fingerprint density at radius 1 is 1.00 bits per heavy atom. The summed E-state index contributed by atoms with van der Waals surface area (Å²) in [5.74, 6) is -0.627. The number of nitrogens with zero attached hydrogens (tertiary/aromatic N) is 4. The standard InChI is InChI=1S/C32H23BrClN5O4S2/c33-25-14-22(17-38(32(25)43)18-23-11-12-44-37-23)26-15-28(35-16-24-9-10-27(34)45-24)39(36-26)31(42)21-8-4-7-20(13-21)30(41)29(40)19-5-2-1-3-6-19/h1-15,17,29,35,40H,16,18H2. The number of anilines is 1. The topological polar surface area (TPSA) is 119 Å². The summed E-state index contributed by atoms with van der Waals surface area (Å²) in [5, 5.41) is 20.4. The highest BCUT2D eigenvalue weighted by Gasteiger charge is 2.23. The molecule has 0 aliphatic heterocycles. The van der Waals surface area contributed by atoms with E-state index in [9.17, 15) is 19.5 Å². The van der Waals surface area contributed by atoms with Gasteiger partial charge in [0.1, 0.15) is 11.9 Å². The van der Waals surface area contributed by atoms with Crippen LogP contribution in [0.25, 0.3) is 11.3 Å². The van der Waals surface area contributed by atoms with Crippen LogP contribution in [0.5, 0.6) is 0 Å². The molecule has 0 aliphatic carbocycles. The van der Waals surface area contributed by atoms with Crippen molar-refractivity contribution in [1.82, 2.24) is 18.7 Å². The van der Waals surface area contributed by atoms with Gasteiger partial charge in [-0.3, -0.25) is 14.4 Å². The lowest BCUT2D eigenvalue weighted by Gasteiger charge is -2.12. The molecule has 0 bridgehead atoms. The van der Waals surface area contributed by atoms with Crippen LogP contribution in [0.4, 0.5) is 5.82 Å². The average Bonchev–Trinajstić information content (AvgIpc) is 3.83. The van der Waals surface area contributed by atoms with E-state index in [-0.39, 0.29) is 23.2 Å². The second kappa shape index (κ2) is 13.4. The summed E-state index contributed by atoms with van der Waals surface area (Å²) in [7, 11) is 0. The molecule has 1 unspecified atom stereocenters. The number of ketones is 1. The van der Waals surface area contributed by atoms with Crippen molar-refractivity contribution in [3.05, 3.63) is 143 Å². The van der Waals surface area contributed by atoms with E-state index in [2.05, 4.69) is 30.7 Å². The smallest absolute Gasteiger partial charge is 0.280 e. The van der Waals surface area contributed by atoms with Gasteiger partial charge >= 0.3 is 0 Å². The fourth-order valence-electron chi connectivity index (χ4n) is 4.65. The molecule has 4 heterocycles. The number of carbonyl (C=O) groups excluding carboxylic acids is 2. The number of carbonyl (C=O) groups is 2. The zero-order chi connectivity index (χ0) is 31.5. The predicted octanol–water partition coefficient (Wildman–Crippen LogP) is 6.91. The summed E-state index contributed by atoms with van der Waals surface area (Å²) in [4.78, 5) is 40.9. The average molecular weight is 721 g/mol. The molecule has 4 aromatic heterocycles. The van der Waals surface area contributed by atoms with Crippen LogP contribution in [0.1, 0.15) is 43.0 Å². The largest absolute Gasteiger partial charge is 0.380 e. The maximum absolute atomic E-state index is 13.9. The van der Waals surface area contributed by atoms with Crippen LogP contribution in [0.15, 0.2) is 106 Å². The van der Waals surface area contributed by atoms with E-state index in [0.717, 1.165) is 10.6 Å². The maximum Gasteiger partial charge on any atom is 0.280 e. The fourth-order valence-corrected chi connectivity index (χ4v) is 6.68. The minimum Gasteiger partial charge on any atom is -0.380 e. The van der Waals surface area contributed by atoms with E-state index < -0.39 is 17.8 Å². The Balaban J connectivity index is 1.36. The lowest BCUT2D eigenvalue weighted by atomic mass is 9.98. The number of rotatable bonds is 10. The highest BCUT2D eigenvalue weighted by Crippen LogP contribution is 2.27. The van der Waals surface area contributed by atoms with Crippen LogP contribution in [0.3, 0.4) is 0 Å². The van der Waals surface area contributed by atoms with Crippen LogP contribution in [0.2, 0.25) is 4.34 Å². The molecule has 0 spiro atoms. The van der Waals surface area contributed by atoms with E-state index in [4.69, 9.17) is 11.6 Å². The lowest BCUT2D eigenvalue weighted by molar-refractivity contribution is 0.0747. The molecule has 1 atom stereocenters. The Kier molecular flexibility index (Phi) is 9.19. The molecule has 0 saturated carbocycles. The van der Waals surface area contributed by atoms with Gasteiger partial charge in [0.15, 0.2) is 5.78 Å². The van der Waals surface area contributed by atoms with Gasteiger partial charge in [-0.1, -0.05) is 54.1 Å². The monoisotopic (exact) mass is 719 g/mol. The van der Waals surface area contributed by atoms with Crippen molar-refractivity contribution in [2.24, 2.45) is 0 Å². The van der Waals surface area contributed by atoms with Gasteiger partial charge < -0.3 is 15.0 Å². The first-order valence-corrected chi connectivity index (χ1v) is 16.4. The predicted molar refractivity (Wildman–Crippen MR) is 179 cm³/mol. The molecule has 0 amide bonds. The van der Waals surface area contributed by atoms with Gasteiger partial charge in [-0.05, 0) is 69.4 Å². The number of hydrogen-bond acceptors (Lipinski definition) is 9. The molecular weight excluding hydrogens is 698 g/mol. The van der Waals surface area contributed by atoms with Gasteiger partial charge in [0.05, 0.1) is 33.3 Å². The highest BCUT2D eigenvalue weighted by molar-refractivity contribution is 9.10. The second-order valence-electron chi connectivity index (χ2n) is 9.95. The van der Waals surface area contributed by atoms with Gasteiger partial charge in [-0.25, -0.2) is 0 Å². The maximum atomic E-state index is 13.9. The second-order valence-corrected chi connectivity index (χ2v) is 13.3. The van der Waals surface area contributed by atoms with Crippen molar-refractivity contribution in [3.8, 4) is 11.3 Å². The lowest BCUT2D eigenvalue weighted by Crippen LogP contribution is -2.21. The third kappa shape index (κ3) is 6.90. The molecule has 0 saturated heterocycles. The summed E-state index contributed by atoms with van der Waals surface area (Å²) < 4.78 is 8.04. The Bertz CT molecular complexity index is 2060. The summed E-state index contributed by atoms with van der Waals surface area (Å²) in [6.45, 7) is 0.652. The number of halogens is 2. The molecule has 6 aromatic rings. The number of nitrogens with one attached hydrogen (secondary N) is 1. The Morgan fingerprint density at radius 2 is 1.80 bits per heavy atom. The third-order valence-electron chi connectivity index (χ3n) is 6.89. The van der Waals surface area contributed by atoms with Crippen molar-refractivity contribution in [3.63, 3.8) is 0 Å². The molecule has 2 N–H and O–H groups in total. The quantitative estimate of drug-likeness (QED) is 0.148. The number of thiophene rings is 1. The zero-order valence-corrected chi connectivity index (χ0v) is 27.2. The van der Waals surface area contributed by atoms with E-state index in [1.165, 1.54) is 38.2 Å². The van der Waals surface area contributed by atoms with Crippen molar-refractivity contribution < 1.29 is 14.7 Å². The van der Waals surface area contributed by atoms with Crippen molar-refractivity contribution in [2.45, 2.75) is 19.2 Å². The number of Topliss-reactive ketones (excluding diaryl/α,β-unsaturated/α-hetero) is 1. The van der Waals surface area contributed by atoms with Gasteiger partial charge in [-0.15, -0.1) is 11.3 Å². The van der Waals surface area contributed by atoms with Crippen LogP contribution < -0.4 is 10.9 Å². The molecule has 0 fully saturated rings. The van der Waals surface area contributed by atoms with Crippen LogP contribution in [-0.4, -0.2) is 35.5 Å². The minimum absolute atomic E-state index is 0.186. The van der Waals surface area contributed by atoms with E-state index in [1.807, 2.05) is 17.5 Å². The molecule has 0 radical (unpaired) electrons. The first kappa shape index (κ1) is 30.8. The SMILES string of the molecule is O=C(c1cccc(C(=O)n2nc(-c3cc(Br)c(=O)n(Cc4ccsn4)c3)cc2NCc2ccc(Cl)s2)c1)C(O)c1ccccc1. The molecule has 226 valence electrons. The molecule has 13 heteroatoms. The van der Waals surface area contributed by atoms with Gasteiger partial charge in [0.2, 0.25) is 0 Å². The minimum atomic E-state index is -1.37. The third-order valence-corrected chi connectivity index (χ3v) is 9.29. The van der Waals surface area contributed by atoms with Crippen LogP contribution in [0, 0.1) is 0 Å². The number of hydrogen-bond donors (Lipinski definition) is 2. The molecular formula is C32H23BrClN5O4S2. The number of aliphatic hydroxyl groups excluding tert-OH is 1. The molecule has 2 aromatic carbocycles. The summed E-state index contributed by atoms with van der Waals surface area (Å²) in [6, 6.07) is 23.7. The zero-order valence-electron chi connectivity index (χ0n) is 23.3. The van der Waals surface area contributed by atoms with E-state index in [1.54, 1.807) is 72.9 Å². The van der Waals surface area contributed by atoms with Crippen molar-refractivity contribution in [2.75, 3.05) is 5.32 Å². The normalized spacial score (nSPS) is 11.8. The first-order chi connectivity index (χ1) is 21.8. The number of aliphatic hydroxyl groups is 1. The Morgan fingerprint density at radius 3 is 2.53 bits per heavy atom. The van der Waals surface area contributed by atoms with E-state index in [0.29, 0.717) is 38.0 Å². The highest BCUT2D eigenvalue weighted by atomic mass is 79.9.